The zero-order valence-electron chi connectivity index (χ0n) is 11.9. The highest BCUT2D eigenvalue weighted by molar-refractivity contribution is 5.80. The molecule has 7 heteroatoms. The number of piperidine rings is 1. The maximum atomic E-state index is 12.0. The lowest BCUT2D eigenvalue weighted by atomic mass is 10.1. The zero-order chi connectivity index (χ0) is 14.4. The fourth-order valence-electron chi connectivity index (χ4n) is 2.25. The first-order valence-corrected chi connectivity index (χ1v) is 7.09. The minimum atomic E-state index is 0.104. The van der Waals surface area contributed by atoms with Crippen molar-refractivity contribution in [3.63, 3.8) is 0 Å². The molecular formula is C13H22N6O. The molecule has 0 saturated carbocycles. The molecule has 2 rings (SSSR count). The van der Waals surface area contributed by atoms with Crippen molar-refractivity contribution in [3.8, 4) is 0 Å². The van der Waals surface area contributed by atoms with Crippen LogP contribution < -0.4 is 16.4 Å². The largest absolute Gasteiger partial charge is 0.370 e. The fraction of sp³-hybridized carbons (Fsp3) is 0.615. The molecule has 0 spiro atoms. The lowest BCUT2D eigenvalue weighted by Crippen LogP contribution is -2.39. The van der Waals surface area contributed by atoms with Crippen LogP contribution in [0.1, 0.15) is 26.2 Å². The minimum absolute atomic E-state index is 0.104. The molecule has 7 nitrogen and oxygen atoms in total. The molecule has 1 amide bonds. The van der Waals surface area contributed by atoms with E-state index < -0.39 is 0 Å². The van der Waals surface area contributed by atoms with E-state index in [1.54, 1.807) is 6.07 Å². The number of anilines is 3. The van der Waals surface area contributed by atoms with Gasteiger partial charge < -0.3 is 21.3 Å². The van der Waals surface area contributed by atoms with Gasteiger partial charge in [-0.05, 0) is 26.2 Å². The summed E-state index contributed by atoms with van der Waals surface area (Å²) in [5, 5.41) is 6.09. The molecule has 1 aromatic rings. The van der Waals surface area contributed by atoms with E-state index in [1.807, 2.05) is 11.8 Å². The molecule has 0 aromatic carbocycles. The first-order chi connectivity index (χ1) is 9.69. The number of hydrogen-bond donors (Lipinski definition) is 3. The summed E-state index contributed by atoms with van der Waals surface area (Å²) in [6, 6.07) is 1.75. The van der Waals surface area contributed by atoms with Gasteiger partial charge in [0.1, 0.15) is 11.6 Å². The van der Waals surface area contributed by atoms with Gasteiger partial charge in [-0.1, -0.05) is 0 Å². The van der Waals surface area contributed by atoms with Crippen LogP contribution in [0.5, 0.6) is 0 Å². The van der Waals surface area contributed by atoms with Crippen molar-refractivity contribution in [1.82, 2.24) is 14.9 Å². The maximum absolute atomic E-state index is 12.0. The average Bonchev–Trinajstić information content (AvgIpc) is 2.45. The monoisotopic (exact) mass is 278 g/mol. The molecule has 1 saturated heterocycles. The third-order valence-electron chi connectivity index (χ3n) is 3.23. The number of nitrogen functional groups attached to an aromatic ring is 1. The molecular weight excluding hydrogens is 256 g/mol. The second kappa shape index (κ2) is 6.93. The summed E-state index contributed by atoms with van der Waals surface area (Å²) < 4.78 is 0. The molecule has 1 aliphatic rings. The molecule has 0 aliphatic carbocycles. The molecule has 4 N–H and O–H groups in total. The number of aromatic nitrogens is 2. The van der Waals surface area contributed by atoms with E-state index >= 15 is 0 Å². The molecule has 1 fully saturated rings. The van der Waals surface area contributed by atoms with Crippen LogP contribution in [0.25, 0.3) is 0 Å². The van der Waals surface area contributed by atoms with Gasteiger partial charge in [0.15, 0.2) is 0 Å². The van der Waals surface area contributed by atoms with Crippen LogP contribution in [-0.2, 0) is 4.79 Å². The van der Waals surface area contributed by atoms with E-state index in [0.29, 0.717) is 11.6 Å². The van der Waals surface area contributed by atoms with Crippen molar-refractivity contribution in [2.24, 2.45) is 0 Å². The predicted molar refractivity (Wildman–Crippen MR) is 79.5 cm³/mol. The van der Waals surface area contributed by atoms with Gasteiger partial charge in [0.2, 0.25) is 11.9 Å². The number of carbonyl (C=O) groups excluding carboxylic acids is 1. The van der Waals surface area contributed by atoms with Crippen LogP contribution in [0.4, 0.5) is 17.6 Å². The predicted octanol–water partition coefficient (Wildman–Crippen LogP) is 0.915. The Morgan fingerprint density at radius 2 is 1.90 bits per heavy atom. The first kappa shape index (κ1) is 14.4. The lowest BCUT2D eigenvalue weighted by Gasteiger charge is -2.26. The zero-order valence-corrected chi connectivity index (χ0v) is 11.9. The standard InChI is InChI=1S/C13H22N6O/c1-2-15-10-8-11(18-13(14)17-10)16-9-12(20)19-6-4-3-5-7-19/h8H,2-7,9H2,1H3,(H4,14,15,16,17,18). The summed E-state index contributed by atoms with van der Waals surface area (Å²) in [6.45, 7) is 4.68. The number of nitrogens with zero attached hydrogens (tertiary/aromatic N) is 3. The molecule has 0 atom stereocenters. The van der Waals surface area contributed by atoms with Gasteiger partial charge in [-0.2, -0.15) is 9.97 Å². The smallest absolute Gasteiger partial charge is 0.241 e. The Balaban J connectivity index is 1.90. The average molecular weight is 278 g/mol. The van der Waals surface area contributed by atoms with Gasteiger partial charge in [0, 0.05) is 25.7 Å². The molecule has 20 heavy (non-hydrogen) atoms. The number of nitrogens with two attached hydrogens (primary N) is 1. The van der Waals surface area contributed by atoms with Crippen molar-refractivity contribution in [1.29, 1.82) is 0 Å². The van der Waals surface area contributed by atoms with E-state index in [9.17, 15) is 4.79 Å². The summed E-state index contributed by atoms with van der Waals surface area (Å²) in [5.41, 5.74) is 5.64. The van der Waals surface area contributed by atoms with Gasteiger partial charge in [0.05, 0.1) is 6.54 Å². The Bertz CT molecular complexity index is 458. The number of nitrogens with one attached hydrogen (secondary N) is 2. The highest BCUT2D eigenvalue weighted by Crippen LogP contribution is 2.13. The quantitative estimate of drug-likeness (QED) is 0.741. The minimum Gasteiger partial charge on any atom is -0.370 e. The highest BCUT2D eigenvalue weighted by atomic mass is 16.2. The van der Waals surface area contributed by atoms with Crippen LogP contribution in [-0.4, -0.2) is 47.0 Å². The third-order valence-corrected chi connectivity index (χ3v) is 3.23. The van der Waals surface area contributed by atoms with Crippen LogP contribution in [0.2, 0.25) is 0 Å². The first-order valence-electron chi connectivity index (χ1n) is 7.09. The second-order valence-electron chi connectivity index (χ2n) is 4.82. The topological polar surface area (TPSA) is 96.2 Å². The van der Waals surface area contributed by atoms with Crippen LogP contribution in [0, 0.1) is 0 Å². The van der Waals surface area contributed by atoms with Crippen LogP contribution in [0.3, 0.4) is 0 Å². The normalized spacial score (nSPS) is 14.9. The molecule has 0 unspecified atom stereocenters. The van der Waals surface area contributed by atoms with E-state index in [0.717, 1.165) is 32.5 Å². The molecule has 1 aliphatic heterocycles. The number of carbonyl (C=O) groups is 1. The summed E-state index contributed by atoms with van der Waals surface area (Å²) in [5.74, 6) is 1.52. The molecule has 110 valence electrons. The van der Waals surface area contributed by atoms with E-state index in [1.165, 1.54) is 6.42 Å². The number of hydrogen-bond acceptors (Lipinski definition) is 6. The number of rotatable bonds is 5. The molecule has 2 heterocycles. The van der Waals surface area contributed by atoms with E-state index in [2.05, 4.69) is 20.6 Å². The van der Waals surface area contributed by atoms with Crippen molar-refractivity contribution < 1.29 is 4.79 Å². The van der Waals surface area contributed by atoms with Gasteiger partial charge in [-0.25, -0.2) is 0 Å². The van der Waals surface area contributed by atoms with Crippen LogP contribution in [0.15, 0.2) is 6.07 Å². The van der Waals surface area contributed by atoms with Gasteiger partial charge >= 0.3 is 0 Å². The Morgan fingerprint density at radius 1 is 1.25 bits per heavy atom. The highest BCUT2D eigenvalue weighted by Gasteiger charge is 2.16. The maximum Gasteiger partial charge on any atom is 0.241 e. The second-order valence-corrected chi connectivity index (χ2v) is 4.82. The number of likely N-dealkylation sites (tertiary alicyclic amines) is 1. The van der Waals surface area contributed by atoms with Crippen molar-refractivity contribution in [2.75, 3.05) is 42.5 Å². The fourth-order valence-corrected chi connectivity index (χ4v) is 2.25. The van der Waals surface area contributed by atoms with Gasteiger partial charge in [0.25, 0.3) is 0 Å². The van der Waals surface area contributed by atoms with Gasteiger partial charge in [-0.15, -0.1) is 0 Å². The van der Waals surface area contributed by atoms with E-state index in [-0.39, 0.29) is 18.4 Å². The molecule has 1 aromatic heterocycles. The third kappa shape index (κ3) is 3.97. The van der Waals surface area contributed by atoms with Crippen molar-refractivity contribution in [3.05, 3.63) is 6.07 Å². The van der Waals surface area contributed by atoms with Crippen LogP contribution >= 0.6 is 0 Å². The Morgan fingerprint density at radius 3 is 2.55 bits per heavy atom. The summed E-state index contributed by atoms with van der Waals surface area (Å²) in [4.78, 5) is 22.1. The summed E-state index contributed by atoms with van der Waals surface area (Å²) in [6.07, 6.45) is 3.40. The Hall–Kier alpha value is -2.05. The molecule has 0 bridgehead atoms. The Labute approximate surface area is 119 Å². The van der Waals surface area contributed by atoms with Crippen molar-refractivity contribution in [2.45, 2.75) is 26.2 Å². The SMILES string of the molecule is CCNc1cc(NCC(=O)N2CCCCC2)nc(N)n1. The van der Waals surface area contributed by atoms with E-state index in [4.69, 9.17) is 5.73 Å². The molecule has 0 radical (unpaired) electrons. The van der Waals surface area contributed by atoms with Gasteiger partial charge in [-0.3, -0.25) is 4.79 Å². The Kier molecular flexibility index (Phi) is 4.97. The number of amides is 1. The summed E-state index contributed by atoms with van der Waals surface area (Å²) >= 11 is 0. The van der Waals surface area contributed by atoms with Crippen molar-refractivity contribution >= 4 is 23.5 Å². The lowest BCUT2D eigenvalue weighted by molar-refractivity contribution is -0.130. The summed E-state index contributed by atoms with van der Waals surface area (Å²) in [7, 11) is 0.